The van der Waals surface area contributed by atoms with Crippen LogP contribution in [-0.4, -0.2) is 0 Å². The third-order valence-electron chi connectivity index (χ3n) is 3.53. The van der Waals surface area contributed by atoms with Crippen molar-refractivity contribution in [1.82, 2.24) is 5.32 Å². The molecule has 1 aromatic carbocycles. The van der Waals surface area contributed by atoms with Crippen molar-refractivity contribution in [2.75, 3.05) is 0 Å². The van der Waals surface area contributed by atoms with E-state index in [9.17, 15) is 8.78 Å². The molecule has 1 aromatic heterocycles. The van der Waals surface area contributed by atoms with Gasteiger partial charge in [-0.05, 0) is 54.0 Å². The number of thiophene rings is 1. The monoisotopic (exact) mass is 279 g/mol. The lowest BCUT2D eigenvalue weighted by atomic mass is 9.94. The van der Waals surface area contributed by atoms with Gasteiger partial charge in [0.05, 0.1) is 0 Å². The molecule has 0 radical (unpaired) electrons. The van der Waals surface area contributed by atoms with Crippen LogP contribution in [0.3, 0.4) is 0 Å². The molecular weight excluding hydrogens is 264 g/mol. The highest BCUT2D eigenvalue weighted by molar-refractivity contribution is 7.10. The Labute approximate surface area is 115 Å². The second-order valence-electron chi connectivity index (χ2n) is 4.90. The van der Waals surface area contributed by atoms with Crippen molar-refractivity contribution >= 4 is 11.3 Å². The van der Waals surface area contributed by atoms with E-state index in [4.69, 9.17) is 0 Å². The van der Waals surface area contributed by atoms with Gasteiger partial charge in [-0.1, -0.05) is 0 Å². The normalized spacial score (nSPS) is 18.3. The molecule has 0 saturated carbocycles. The summed E-state index contributed by atoms with van der Waals surface area (Å²) in [6.45, 7) is 0.495. The van der Waals surface area contributed by atoms with Gasteiger partial charge in [0, 0.05) is 23.5 Å². The van der Waals surface area contributed by atoms with Crippen LogP contribution in [0.4, 0.5) is 8.78 Å². The SMILES string of the molecule is Fc1cc(F)cc(CNC2CCCc3sccc32)c1. The highest BCUT2D eigenvalue weighted by atomic mass is 32.1. The number of fused-ring (bicyclic) bond motifs is 1. The highest BCUT2D eigenvalue weighted by Gasteiger charge is 2.20. The summed E-state index contributed by atoms with van der Waals surface area (Å²) < 4.78 is 26.2. The lowest BCUT2D eigenvalue weighted by Crippen LogP contribution is -2.23. The third kappa shape index (κ3) is 2.85. The average Bonchev–Trinajstić information content (AvgIpc) is 2.83. The summed E-state index contributed by atoms with van der Waals surface area (Å²) in [6, 6.07) is 6.13. The summed E-state index contributed by atoms with van der Waals surface area (Å²) in [7, 11) is 0. The molecule has 1 aliphatic rings. The predicted octanol–water partition coefficient (Wildman–Crippen LogP) is 4.19. The van der Waals surface area contributed by atoms with Crippen LogP contribution >= 0.6 is 11.3 Å². The molecule has 0 aliphatic heterocycles. The Kier molecular flexibility index (Phi) is 3.62. The molecule has 0 spiro atoms. The molecule has 0 bridgehead atoms. The van der Waals surface area contributed by atoms with Gasteiger partial charge in [-0.15, -0.1) is 11.3 Å². The van der Waals surface area contributed by atoms with Crippen molar-refractivity contribution < 1.29 is 8.78 Å². The number of hydrogen-bond acceptors (Lipinski definition) is 2. The summed E-state index contributed by atoms with van der Waals surface area (Å²) in [6.07, 6.45) is 3.41. The van der Waals surface area contributed by atoms with Gasteiger partial charge in [0.15, 0.2) is 0 Å². The first-order chi connectivity index (χ1) is 9.22. The van der Waals surface area contributed by atoms with Crippen LogP contribution in [0.5, 0.6) is 0 Å². The summed E-state index contributed by atoms with van der Waals surface area (Å²) in [5.41, 5.74) is 2.01. The lowest BCUT2D eigenvalue weighted by Gasteiger charge is -2.23. The molecule has 0 fully saturated rings. The molecule has 0 saturated heterocycles. The van der Waals surface area contributed by atoms with Crippen LogP contribution in [0.2, 0.25) is 0 Å². The van der Waals surface area contributed by atoms with Gasteiger partial charge in [-0.3, -0.25) is 0 Å². The Morgan fingerprint density at radius 2 is 2.00 bits per heavy atom. The van der Waals surface area contributed by atoms with Crippen LogP contribution in [0.1, 0.15) is 34.9 Å². The van der Waals surface area contributed by atoms with Crippen molar-refractivity contribution in [1.29, 1.82) is 0 Å². The number of rotatable bonds is 3. The molecule has 19 heavy (non-hydrogen) atoms. The maximum atomic E-state index is 13.1. The molecule has 1 heterocycles. The summed E-state index contributed by atoms with van der Waals surface area (Å²) in [4.78, 5) is 1.44. The van der Waals surface area contributed by atoms with Gasteiger partial charge in [0.1, 0.15) is 11.6 Å². The fraction of sp³-hybridized carbons (Fsp3) is 0.333. The molecule has 4 heteroatoms. The maximum Gasteiger partial charge on any atom is 0.126 e. The summed E-state index contributed by atoms with van der Waals surface area (Å²) >= 11 is 1.80. The Morgan fingerprint density at radius 3 is 2.79 bits per heavy atom. The van der Waals surface area contributed by atoms with Crippen molar-refractivity contribution in [2.24, 2.45) is 0 Å². The minimum Gasteiger partial charge on any atom is -0.306 e. The lowest BCUT2D eigenvalue weighted by molar-refractivity contribution is 0.461. The van der Waals surface area contributed by atoms with E-state index < -0.39 is 11.6 Å². The molecule has 1 aliphatic carbocycles. The maximum absolute atomic E-state index is 13.1. The number of benzene rings is 1. The zero-order valence-corrected chi connectivity index (χ0v) is 11.3. The van der Waals surface area contributed by atoms with Crippen LogP contribution in [0.25, 0.3) is 0 Å². The van der Waals surface area contributed by atoms with E-state index in [0.717, 1.165) is 18.9 Å². The molecule has 3 rings (SSSR count). The summed E-state index contributed by atoms with van der Waals surface area (Å²) in [5, 5.41) is 5.53. The molecule has 100 valence electrons. The van der Waals surface area contributed by atoms with Crippen molar-refractivity contribution in [3.8, 4) is 0 Å². The third-order valence-corrected chi connectivity index (χ3v) is 4.52. The van der Waals surface area contributed by atoms with E-state index in [2.05, 4.69) is 16.8 Å². The largest absolute Gasteiger partial charge is 0.306 e. The van der Waals surface area contributed by atoms with Gasteiger partial charge in [-0.2, -0.15) is 0 Å². The van der Waals surface area contributed by atoms with Crippen molar-refractivity contribution in [2.45, 2.75) is 31.8 Å². The number of hydrogen-bond donors (Lipinski definition) is 1. The number of aryl methyl sites for hydroxylation is 1. The van der Waals surface area contributed by atoms with Crippen LogP contribution < -0.4 is 5.32 Å². The van der Waals surface area contributed by atoms with Gasteiger partial charge in [0.2, 0.25) is 0 Å². The van der Waals surface area contributed by atoms with Gasteiger partial charge >= 0.3 is 0 Å². The van der Waals surface area contributed by atoms with Crippen LogP contribution in [0.15, 0.2) is 29.6 Å². The number of halogens is 2. The molecule has 1 unspecified atom stereocenters. The van der Waals surface area contributed by atoms with E-state index in [1.165, 1.54) is 29.0 Å². The Balaban J connectivity index is 1.70. The van der Waals surface area contributed by atoms with E-state index in [1.807, 2.05) is 0 Å². The van der Waals surface area contributed by atoms with E-state index in [0.29, 0.717) is 18.2 Å². The van der Waals surface area contributed by atoms with Crippen molar-refractivity contribution in [3.05, 3.63) is 57.3 Å². The second-order valence-corrected chi connectivity index (χ2v) is 5.90. The van der Waals surface area contributed by atoms with E-state index >= 15 is 0 Å². The van der Waals surface area contributed by atoms with Crippen molar-refractivity contribution in [3.63, 3.8) is 0 Å². The molecule has 0 amide bonds. The predicted molar refractivity (Wildman–Crippen MR) is 73.2 cm³/mol. The minimum atomic E-state index is -0.517. The molecule has 1 nitrogen and oxygen atoms in total. The first-order valence-electron chi connectivity index (χ1n) is 6.47. The van der Waals surface area contributed by atoms with Gasteiger partial charge < -0.3 is 5.32 Å². The molecule has 1 N–H and O–H groups in total. The summed E-state index contributed by atoms with van der Waals surface area (Å²) in [5.74, 6) is -1.03. The Morgan fingerprint density at radius 1 is 1.21 bits per heavy atom. The fourth-order valence-corrected chi connectivity index (χ4v) is 3.64. The molecule has 2 aromatic rings. The number of nitrogens with one attached hydrogen (secondary N) is 1. The van der Waals surface area contributed by atoms with Gasteiger partial charge in [-0.25, -0.2) is 8.78 Å². The minimum absolute atomic E-state index is 0.307. The Bertz CT molecular complexity index is 559. The smallest absolute Gasteiger partial charge is 0.126 e. The zero-order chi connectivity index (χ0) is 13.2. The van der Waals surface area contributed by atoms with Crippen LogP contribution in [0, 0.1) is 11.6 Å². The molecule has 1 atom stereocenters. The first-order valence-corrected chi connectivity index (χ1v) is 7.35. The average molecular weight is 279 g/mol. The van der Waals surface area contributed by atoms with E-state index in [-0.39, 0.29) is 0 Å². The quantitative estimate of drug-likeness (QED) is 0.888. The van der Waals surface area contributed by atoms with Gasteiger partial charge in [0.25, 0.3) is 0 Å². The van der Waals surface area contributed by atoms with E-state index in [1.54, 1.807) is 11.3 Å². The Hall–Kier alpha value is -1.26. The standard InChI is InChI=1S/C15H15F2NS/c16-11-6-10(7-12(17)8-11)9-18-14-2-1-3-15-13(14)4-5-19-15/h4-8,14,18H,1-3,9H2. The zero-order valence-electron chi connectivity index (χ0n) is 10.5. The fourth-order valence-electron chi connectivity index (χ4n) is 2.65. The highest BCUT2D eigenvalue weighted by Crippen LogP contribution is 2.33. The van der Waals surface area contributed by atoms with Crippen LogP contribution in [-0.2, 0) is 13.0 Å². The second kappa shape index (κ2) is 5.39. The topological polar surface area (TPSA) is 12.0 Å². The molecular formula is C15H15F2NS. The first kappa shape index (κ1) is 12.8.